The summed E-state index contributed by atoms with van der Waals surface area (Å²) >= 11 is 0. The Labute approximate surface area is 107 Å². The molecule has 1 aliphatic carbocycles. The van der Waals surface area contributed by atoms with Crippen LogP contribution in [0.1, 0.15) is 48.5 Å². The molecule has 1 heterocycles. The van der Waals surface area contributed by atoms with Crippen molar-refractivity contribution in [2.24, 2.45) is 0 Å². The highest BCUT2D eigenvalue weighted by molar-refractivity contribution is 5.89. The van der Waals surface area contributed by atoms with E-state index < -0.39 is 0 Å². The molecule has 1 aromatic rings. The van der Waals surface area contributed by atoms with Gasteiger partial charge < -0.3 is 9.47 Å². The van der Waals surface area contributed by atoms with Crippen LogP contribution in [0.5, 0.6) is 5.88 Å². The molecule has 2 rings (SSSR count). The van der Waals surface area contributed by atoms with E-state index in [2.05, 4.69) is 4.98 Å². The smallest absolute Gasteiger partial charge is 0.339 e. The number of rotatable bonds is 4. The maximum Gasteiger partial charge on any atom is 0.339 e. The van der Waals surface area contributed by atoms with Crippen LogP contribution in [-0.4, -0.2) is 23.7 Å². The molecule has 1 aromatic heterocycles. The van der Waals surface area contributed by atoms with Gasteiger partial charge in [0.2, 0.25) is 5.88 Å². The van der Waals surface area contributed by atoms with Crippen molar-refractivity contribution in [2.45, 2.75) is 45.6 Å². The van der Waals surface area contributed by atoms with Gasteiger partial charge in [0.05, 0.1) is 12.2 Å². The molecule has 0 aliphatic heterocycles. The Morgan fingerprint density at radius 2 is 2.17 bits per heavy atom. The van der Waals surface area contributed by atoms with Gasteiger partial charge in [-0.1, -0.05) is 0 Å². The maximum absolute atomic E-state index is 11.5. The number of aromatic nitrogens is 1. The van der Waals surface area contributed by atoms with E-state index in [1.165, 1.54) is 19.0 Å². The van der Waals surface area contributed by atoms with Gasteiger partial charge in [0.25, 0.3) is 0 Å². The Hall–Kier alpha value is -1.58. The van der Waals surface area contributed by atoms with Crippen LogP contribution in [0.4, 0.5) is 0 Å². The molecule has 0 radical (unpaired) electrons. The first-order valence-corrected chi connectivity index (χ1v) is 6.51. The zero-order valence-electron chi connectivity index (χ0n) is 10.9. The van der Waals surface area contributed by atoms with Crippen LogP contribution in [0.2, 0.25) is 0 Å². The van der Waals surface area contributed by atoms with Gasteiger partial charge in [-0.25, -0.2) is 9.78 Å². The Kier molecular flexibility index (Phi) is 4.18. The summed E-state index contributed by atoms with van der Waals surface area (Å²) in [6, 6.07) is 1.77. The van der Waals surface area contributed by atoms with Crippen LogP contribution in [0, 0.1) is 6.92 Å². The van der Waals surface area contributed by atoms with Gasteiger partial charge in [-0.15, -0.1) is 0 Å². The molecule has 18 heavy (non-hydrogen) atoms. The maximum atomic E-state index is 11.5. The number of nitrogens with zero attached hydrogens (tertiary/aromatic N) is 1. The summed E-state index contributed by atoms with van der Waals surface area (Å²) in [5.74, 6) is 0.301. The summed E-state index contributed by atoms with van der Waals surface area (Å²) < 4.78 is 10.8. The van der Waals surface area contributed by atoms with E-state index >= 15 is 0 Å². The summed E-state index contributed by atoms with van der Waals surface area (Å²) in [6.45, 7) is 4.06. The molecular weight excluding hydrogens is 230 g/mol. The van der Waals surface area contributed by atoms with E-state index in [0.29, 0.717) is 18.1 Å². The lowest BCUT2D eigenvalue weighted by molar-refractivity contribution is 0.0525. The summed E-state index contributed by atoms with van der Waals surface area (Å²) in [7, 11) is 0. The number of carbonyl (C=O) groups excluding carboxylic acids is 1. The van der Waals surface area contributed by atoms with Crippen molar-refractivity contribution in [3.63, 3.8) is 0 Å². The Balaban J connectivity index is 2.06. The normalized spacial score (nSPS) is 15.7. The largest absolute Gasteiger partial charge is 0.474 e. The monoisotopic (exact) mass is 249 g/mol. The lowest BCUT2D eigenvalue weighted by Crippen LogP contribution is -2.13. The number of hydrogen-bond donors (Lipinski definition) is 0. The van der Waals surface area contributed by atoms with Crippen LogP contribution in [0.3, 0.4) is 0 Å². The fourth-order valence-electron chi connectivity index (χ4n) is 2.18. The van der Waals surface area contributed by atoms with Gasteiger partial charge in [-0.05, 0) is 45.6 Å². The summed E-state index contributed by atoms with van der Waals surface area (Å²) in [4.78, 5) is 15.8. The molecule has 0 spiro atoms. The highest BCUT2D eigenvalue weighted by Crippen LogP contribution is 2.25. The van der Waals surface area contributed by atoms with E-state index in [0.717, 1.165) is 18.4 Å². The minimum atomic E-state index is -0.333. The van der Waals surface area contributed by atoms with Crippen LogP contribution < -0.4 is 4.74 Å². The number of esters is 1. The second kappa shape index (κ2) is 5.85. The van der Waals surface area contributed by atoms with Crippen molar-refractivity contribution in [1.82, 2.24) is 4.98 Å². The van der Waals surface area contributed by atoms with E-state index in [1.807, 2.05) is 6.92 Å². The van der Waals surface area contributed by atoms with Crippen molar-refractivity contribution < 1.29 is 14.3 Å². The minimum Gasteiger partial charge on any atom is -0.474 e. The SMILES string of the molecule is CCOC(=O)c1cnc(OC2CCCC2)c(C)c1. The standard InChI is InChI=1S/C14H19NO3/c1-3-17-14(16)11-8-10(2)13(15-9-11)18-12-6-4-5-7-12/h8-9,12H,3-7H2,1-2H3. The highest BCUT2D eigenvalue weighted by Gasteiger charge is 2.18. The highest BCUT2D eigenvalue weighted by atomic mass is 16.5. The lowest BCUT2D eigenvalue weighted by atomic mass is 10.2. The fraction of sp³-hybridized carbons (Fsp3) is 0.571. The molecular formula is C14H19NO3. The first-order chi connectivity index (χ1) is 8.70. The van der Waals surface area contributed by atoms with Crippen molar-refractivity contribution in [3.8, 4) is 5.88 Å². The minimum absolute atomic E-state index is 0.282. The molecule has 0 bridgehead atoms. The molecule has 0 N–H and O–H groups in total. The summed E-state index contributed by atoms with van der Waals surface area (Å²) in [6.07, 6.45) is 6.45. The Morgan fingerprint density at radius 1 is 1.44 bits per heavy atom. The Bertz CT molecular complexity index is 425. The van der Waals surface area contributed by atoms with Gasteiger partial charge in [-0.3, -0.25) is 0 Å². The third-order valence-corrected chi connectivity index (χ3v) is 3.12. The molecule has 0 amide bonds. The van der Waals surface area contributed by atoms with Crippen molar-refractivity contribution in [1.29, 1.82) is 0 Å². The topological polar surface area (TPSA) is 48.4 Å². The number of hydrogen-bond acceptors (Lipinski definition) is 4. The first kappa shape index (κ1) is 12.9. The van der Waals surface area contributed by atoms with Gasteiger partial charge in [0.15, 0.2) is 0 Å². The molecule has 0 unspecified atom stereocenters. The first-order valence-electron chi connectivity index (χ1n) is 6.51. The van der Waals surface area contributed by atoms with Gasteiger partial charge >= 0.3 is 5.97 Å². The van der Waals surface area contributed by atoms with Crippen molar-refractivity contribution in [2.75, 3.05) is 6.61 Å². The van der Waals surface area contributed by atoms with Crippen molar-refractivity contribution >= 4 is 5.97 Å². The van der Waals surface area contributed by atoms with Crippen LogP contribution in [-0.2, 0) is 4.74 Å². The van der Waals surface area contributed by atoms with E-state index in [9.17, 15) is 4.79 Å². The molecule has 1 fully saturated rings. The molecule has 0 aromatic carbocycles. The Morgan fingerprint density at radius 3 is 2.78 bits per heavy atom. The predicted octanol–water partition coefficient (Wildman–Crippen LogP) is 2.89. The summed E-state index contributed by atoms with van der Waals surface area (Å²) in [5, 5.41) is 0. The van der Waals surface area contributed by atoms with E-state index in [1.54, 1.807) is 13.0 Å². The zero-order chi connectivity index (χ0) is 13.0. The van der Waals surface area contributed by atoms with Crippen LogP contribution >= 0.6 is 0 Å². The van der Waals surface area contributed by atoms with E-state index in [-0.39, 0.29) is 12.1 Å². The molecule has 0 saturated heterocycles. The second-order valence-corrected chi connectivity index (χ2v) is 4.59. The van der Waals surface area contributed by atoms with E-state index in [4.69, 9.17) is 9.47 Å². The number of carbonyl (C=O) groups is 1. The molecule has 1 saturated carbocycles. The molecule has 98 valence electrons. The fourth-order valence-corrected chi connectivity index (χ4v) is 2.18. The molecule has 0 atom stereocenters. The number of ether oxygens (including phenoxy) is 2. The quantitative estimate of drug-likeness (QED) is 0.770. The van der Waals surface area contributed by atoms with Crippen LogP contribution in [0.15, 0.2) is 12.3 Å². The molecule has 1 aliphatic rings. The average molecular weight is 249 g/mol. The second-order valence-electron chi connectivity index (χ2n) is 4.59. The molecule has 4 heteroatoms. The third-order valence-electron chi connectivity index (χ3n) is 3.12. The van der Waals surface area contributed by atoms with Gasteiger partial charge in [-0.2, -0.15) is 0 Å². The predicted molar refractivity (Wildman–Crippen MR) is 67.8 cm³/mol. The van der Waals surface area contributed by atoms with Crippen molar-refractivity contribution in [3.05, 3.63) is 23.4 Å². The lowest BCUT2D eigenvalue weighted by Gasteiger charge is -2.14. The van der Waals surface area contributed by atoms with Gasteiger partial charge in [0.1, 0.15) is 6.10 Å². The number of pyridine rings is 1. The third kappa shape index (κ3) is 3.00. The van der Waals surface area contributed by atoms with Gasteiger partial charge in [0, 0.05) is 11.8 Å². The van der Waals surface area contributed by atoms with Crippen LogP contribution in [0.25, 0.3) is 0 Å². The summed E-state index contributed by atoms with van der Waals surface area (Å²) in [5.41, 5.74) is 1.36. The zero-order valence-corrected chi connectivity index (χ0v) is 10.9. The molecule has 4 nitrogen and oxygen atoms in total. The number of aryl methyl sites for hydroxylation is 1. The average Bonchev–Trinajstić information content (AvgIpc) is 2.85.